The van der Waals surface area contributed by atoms with E-state index in [1.807, 2.05) is 12.1 Å². The second kappa shape index (κ2) is 6.58. The first-order valence-corrected chi connectivity index (χ1v) is 7.78. The van der Waals surface area contributed by atoms with Crippen LogP contribution in [0.1, 0.15) is 24.3 Å². The van der Waals surface area contributed by atoms with Gasteiger partial charge in [-0.2, -0.15) is 0 Å². The molecule has 2 fully saturated rings. The Morgan fingerprint density at radius 1 is 1.24 bits per heavy atom. The lowest BCUT2D eigenvalue weighted by atomic mass is 9.89. The third-order valence-corrected chi connectivity index (χ3v) is 4.68. The Kier molecular flexibility index (Phi) is 4.56. The van der Waals surface area contributed by atoms with Gasteiger partial charge in [-0.3, -0.25) is 0 Å². The van der Waals surface area contributed by atoms with Gasteiger partial charge in [-0.05, 0) is 48.2 Å². The largest absolute Gasteiger partial charge is 0.396 e. The lowest BCUT2D eigenvalue weighted by Crippen LogP contribution is -2.29. The molecule has 2 heterocycles. The fourth-order valence-electron chi connectivity index (χ4n) is 3.33. The number of piperidine rings is 1. The van der Waals surface area contributed by atoms with Crippen molar-refractivity contribution >= 4 is 0 Å². The van der Waals surface area contributed by atoms with Crippen LogP contribution in [-0.2, 0) is 0 Å². The standard InChI is InChI=1S/C17H23FN2O/c18-17-3-1-13(2-4-17)14-5-7-20(8-6-14)11-15-9-19-10-16(15)12-21/h1-4,11,14,16,19,21H,5-10,12H2/b15-11+/t16-/m0/s1. The minimum Gasteiger partial charge on any atom is -0.396 e. The Morgan fingerprint density at radius 2 is 1.95 bits per heavy atom. The molecule has 2 N–H and O–H groups in total. The average molecular weight is 290 g/mol. The molecule has 0 saturated carbocycles. The van der Waals surface area contributed by atoms with Gasteiger partial charge in [0, 0.05) is 32.1 Å². The number of nitrogens with zero attached hydrogens (tertiary/aromatic N) is 1. The van der Waals surface area contributed by atoms with Gasteiger partial charge in [0.05, 0.1) is 6.61 Å². The first-order chi connectivity index (χ1) is 10.3. The summed E-state index contributed by atoms with van der Waals surface area (Å²) >= 11 is 0. The molecule has 2 aliphatic rings. The Morgan fingerprint density at radius 3 is 2.62 bits per heavy atom. The third kappa shape index (κ3) is 3.44. The highest BCUT2D eigenvalue weighted by Gasteiger charge is 2.23. The number of aliphatic hydroxyl groups is 1. The number of benzene rings is 1. The monoisotopic (exact) mass is 290 g/mol. The van der Waals surface area contributed by atoms with E-state index < -0.39 is 0 Å². The minimum absolute atomic E-state index is 0.162. The maximum Gasteiger partial charge on any atom is 0.123 e. The number of hydrogen-bond acceptors (Lipinski definition) is 3. The smallest absolute Gasteiger partial charge is 0.123 e. The van der Waals surface area contributed by atoms with E-state index >= 15 is 0 Å². The van der Waals surface area contributed by atoms with Crippen LogP contribution in [0.5, 0.6) is 0 Å². The zero-order valence-corrected chi connectivity index (χ0v) is 12.3. The van der Waals surface area contributed by atoms with E-state index in [0.29, 0.717) is 5.92 Å². The fourth-order valence-corrected chi connectivity index (χ4v) is 3.33. The molecule has 4 heteroatoms. The number of rotatable bonds is 3. The van der Waals surface area contributed by atoms with Crippen LogP contribution in [0.25, 0.3) is 0 Å². The fraction of sp³-hybridized carbons (Fsp3) is 0.529. The van der Waals surface area contributed by atoms with Crippen LogP contribution in [0.15, 0.2) is 36.0 Å². The molecule has 2 saturated heterocycles. The maximum absolute atomic E-state index is 13.0. The molecule has 1 aromatic rings. The molecule has 0 aromatic heterocycles. The third-order valence-electron chi connectivity index (χ3n) is 4.68. The molecule has 0 radical (unpaired) electrons. The molecule has 2 aliphatic heterocycles. The van der Waals surface area contributed by atoms with Crippen LogP contribution in [0.4, 0.5) is 4.39 Å². The molecule has 0 amide bonds. The van der Waals surface area contributed by atoms with E-state index in [0.717, 1.165) is 39.0 Å². The van der Waals surface area contributed by atoms with E-state index in [9.17, 15) is 9.50 Å². The summed E-state index contributed by atoms with van der Waals surface area (Å²) < 4.78 is 13.0. The Hall–Kier alpha value is -1.39. The predicted octanol–water partition coefficient (Wildman–Crippen LogP) is 2.10. The molecular formula is C17H23FN2O. The van der Waals surface area contributed by atoms with E-state index in [1.165, 1.54) is 11.1 Å². The number of hydrogen-bond donors (Lipinski definition) is 2. The van der Waals surface area contributed by atoms with Crippen molar-refractivity contribution in [1.82, 2.24) is 10.2 Å². The summed E-state index contributed by atoms with van der Waals surface area (Å²) in [5.74, 6) is 0.653. The Bertz CT molecular complexity index is 492. The van der Waals surface area contributed by atoms with E-state index in [1.54, 1.807) is 12.1 Å². The van der Waals surface area contributed by atoms with Gasteiger partial charge < -0.3 is 15.3 Å². The van der Waals surface area contributed by atoms with Gasteiger partial charge >= 0.3 is 0 Å². The van der Waals surface area contributed by atoms with Gasteiger partial charge in [0.15, 0.2) is 0 Å². The van der Waals surface area contributed by atoms with Crippen molar-refractivity contribution in [2.75, 3.05) is 32.8 Å². The highest BCUT2D eigenvalue weighted by atomic mass is 19.1. The quantitative estimate of drug-likeness (QED) is 0.895. The van der Waals surface area contributed by atoms with Crippen molar-refractivity contribution in [3.8, 4) is 0 Å². The molecule has 21 heavy (non-hydrogen) atoms. The summed E-state index contributed by atoms with van der Waals surface area (Å²) in [6.45, 7) is 4.07. The van der Waals surface area contributed by atoms with Gasteiger partial charge in [-0.25, -0.2) is 4.39 Å². The van der Waals surface area contributed by atoms with Gasteiger partial charge in [0.2, 0.25) is 0 Å². The lowest BCUT2D eigenvalue weighted by Gasteiger charge is -2.32. The maximum atomic E-state index is 13.0. The van der Waals surface area contributed by atoms with Crippen LogP contribution in [0, 0.1) is 11.7 Å². The highest BCUT2D eigenvalue weighted by molar-refractivity contribution is 5.21. The molecule has 3 nitrogen and oxygen atoms in total. The molecule has 0 bridgehead atoms. The first kappa shape index (κ1) is 14.5. The van der Waals surface area contributed by atoms with Crippen molar-refractivity contribution in [3.63, 3.8) is 0 Å². The second-order valence-corrected chi connectivity index (χ2v) is 6.08. The van der Waals surface area contributed by atoms with E-state index in [2.05, 4.69) is 16.4 Å². The first-order valence-electron chi connectivity index (χ1n) is 7.78. The van der Waals surface area contributed by atoms with Crippen LogP contribution in [0.2, 0.25) is 0 Å². The number of aliphatic hydroxyl groups excluding tert-OH is 1. The van der Waals surface area contributed by atoms with Crippen molar-refractivity contribution in [2.24, 2.45) is 5.92 Å². The number of nitrogens with one attached hydrogen (secondary N) is 1. The SMILES string of the molecule is OC[C@@H]1CNC/C1=C\N1CCC(c2ccc(F)cc2)CC1. The number of likely N-dealkylation sites (tertiary alicyclic amines) is 1. The van der Waals surface area contributed by atoms with Crippen molar-refractivity contribution in [3.05, 3.63) is 47.4 Å². The molecule has 0 aliphatic carbocycles. The second-order valence-electron chi connectivity index (χ2n) is 6.08. The lowest BCUT2D eigenvalue weighted by molar-refractivity contribution is 0.248. The summed E-state index contributed by atoms with van der Waals surface area (Å²) in [4.78, 5) is 2.37. The molecule has 1 atom stereocenters. The summed E-state index contributed by atoms with van der Waals surface area (Å²) in [6.07, 6.45) is 4.45. The zero-order chi connectivity index (χ0) is 14.7. The topological polar surface area (TPSA) is 35.5 Å². The molecule has 0 unspecified atom stereocenters. The van der Waals surface area contributed by atoms with E-state index in [-0.39, 0.29) is 18.3 Å². The molecule has 1 aromatic carbocycles. The average Bonchev–Trinajstić information content (AvgIpc) is 2.96. The van der Waals surface area contributed by atoms with Crippen molar-refractivity contribution < 1.29 is 9.50 Å². The summed E-state index contributed by atoms with van der Waals surface area (Å²) in [5.41, 5.74) is 2.57. The Balaban J connectivity index is 1.58. The predicted molar refractivity (Wildman–Crippen MR) is 81.5 cm³/mol. The van der Waals surface area contributed by atoms with Gasteiger partial charge in [-0.1, -0.05) is 12.1 Å². The molecular weight excluding hydrogens is 267 g/mol. The van der Waals surface area contributed by atoms with Crippen LogP contribution >= 0.6 is 0 Å². The minimum atomic E-state index is -0.162. The van der Waals surface area contributed by atoms with Crippen molar-refractivity contribution in [2.45, 2.75) is 18.8 Å². The van der Waals surface area contributed by atoms with Crippen molar-refractivity contribution in [1.29, 1.82) is 0 Å². The van der Waals surface area contributed by atoms with Crippen LogP contribution in [-0.4, -0.2) is 42.8 Å². The van der Waals surface area contributed by atoms with Crippen LogP contribution < -0.4 is 5.32 Å². The van der Waals surface area contributed by atoms with Gasteiger partial charge in [0.1, 0.15) is 5.82 Å². The summed E-state index contributed by atoms with van der Waals surface area (Å²) in [6, 6.07) is 6.94. The summed E-state index contributed by atoms with van der Waals surface area (Å²) in [7, 11) is 0. The van der Waals surface area contributed by atoms with Gasteiger partial charge in [-0.15, -0.1) is 0 Å². The highest BCUT2D eigenvalue weighted by Crippen LogP contribution is 2.29. The normalized spacial score (nSPS) is 25.7. The molecule has 114 valence electrons. The Labute approximate surface area is 125 Å². The summed E-state index contributed by atoms with van der Waals surface area (Å²) in [5, 5.41) is 12.7. The number of halogens is 1. The molecule has 3 rings (SSSR count). The van der Waals surface area contributed by atoms with E-state index in [4.69, 9.17) is 0 Å². The molecule has 0 spiro atoms. The van der Waals surface area contributed by atoms with Crippen LogP contribution in [0.3, 0.4) is 0 Å². The zero-order valence-electron chi connectivity index (χ0n) is 12.3. The van der Waals surface area contributed by atoms with Gasteiger partial charge in [0.25, 0.3) is 0 Å².